The zero-order chi connectivity index (χ0) is 14.0. The van der Waals surface area contributed by atoms with Gasteiger partial charge >= 0.3 is 0 Å². The molecule has 106 valence electrons. The van der Waals surface area contributed by atoms with E-state index in [2.05, 4.69) is 51.0 Å². The minimum absolute atomic E-state index is 0.0897. The second-order valence-corrected chi connectivity index (χ2v) is 6.79. The zero-order valence-electron chi connectivity index (χ0n) is 12.9. The monoisotopic (exact) mass is 260 g/mol. The Morgan fingerprint density at radius 2 is 1.79 bits per heavy atom. The summed E-state index contributed by atoms with van der Waals surface area (Å²) in [6.45, 7) is 5.22. The predicted molar refractivity (Wildman–Crippen MR) is 82.3 cm³/mol. The molecular weight excluding hydrogens is 232 g/mol. The van der Waals surface area contributed by atoms with Gasteiger partial charge in [-0.2, -0.15) is 0 Å². The third kappa shape index (κ3) is 3.01. The topological polar surface area (TPSA) is 29.3 Å². The highest BCUT2D eigenvalue weighted by molar-refractivity contribution is 5.36. The quantitative estimate of drug-likeness (QED) is 0.901. The maximum absolute atomic E-state index is 5.99. The molecule has 0 spiro atoms. The number of hydrogen-bond donors (Lipinski definition) is 1. The van der Waals surface area contributed by atoms with E-state index < -0.39 is 0 Å². The van der Waals surface area contributed by atoms with E-state index in [0.29, 0.717) is 12.6 Å². The Balaban J connectivity index is 2.37. The van der Waals surface area contributed by atoms with Gasteiger partial charge in [0.1, 0.15) is 0 Å². The number of fused-ring (bicyclic) bond motifs is 1. The summed E-state index contributed by atoms with van der Waals surface area (Å²) in [5.41, 5.74) is 10.6. The van der Waals surface area contributed by atoms with Gasteiger partial charge in [-0.05, 0) is 68.4 Å². The van der Waals surface area contributed by atoms with Crippen LogP contribution in [0.5, 0.6) is 0 Å². The largest absolute Gasteiger partial charge is 0.330 e. The number of nitrogens with two attached hydrogens (primary N) is 1. The van der Waals surface area contributed by atoms with Crippen LogP contribution in [0, 0.1) is 5.41 Å². The Morgan fingerprint density at radius 1 is 1.16 bits per heavy atom. The first-order chi connectivity index (χ1) is 8.95. The van der Waals surface area contributed by atoms with Gasteiger partial charge in [0.15, 0.2) is 0 Å². The summed E-state index contributed by atoms with van der Waals surface area (Å²) in [7, 11) is 4.31. The van der Waals surface area contributed by atoms with Gasteiger partial charge in [0.2, 0.25) is 0 Å². The molecule has 1 unspecified atom stereocenters. The lowest BCUT2D eigenvalue weighted by molar-refractivity contribution is 0.143. The molecule has 0 saturated carbocycles. The molecule has 2 rings (SSSR count). The van der Waals surface area contributed by atoms with Gasteiger partial charge in [0.05, 0.1) is 0 Å². The van der Waals surface area contributed by atoms with Crippen molar-refractivity contribution in [3.05, 3.63) is 34.9 Å². The van der Waals surface area contributed by atoms with Crippen molar-refractivity contribution in [2.75, 3.05) is 20.6 Å². The molecule has 0 aromatic heterocycles. The first-order valence-corrected chi connectivity index (χ1v) is 7.44. The first kappa shape index (κ1) is 14.5. The van der Waals surface area contributed by atoms with Crippen LogP contribution in [0.15, 0.2) is 18.2 Å². The fourth-order valence-electron chi connectivity index (χ4n) is 3.48. The summed E-state index contributed by atoms with van der Waals surface area (Å²) in [6, 6.07) is 7.46. The van der Waals surface area contributed by atoms with Crippen LogP contribution in [0.4, 0.5) is 0 Å². The molecule has 1 atom stereocenters. The van der Waals surface area contributed by atoms with Gasteiger partial charge < -0.3 is 10.6 Å². The molecule has 1 aromatic rings. The van der Waals surface area contributed by atoms with E-state index in [-0.39, 0.29) is 5.41 Å². The summed E-state index contributed by atoms with van der Waals surface area (Å²) in [5, 5.41) is 0. The van der Waals surface area contributed by atoms with Gasteiger partial charge in [-0.3, -0.25) is 0 Å². The van der Waals surface area contributed by atoms with Gasteiger partial charge in [0.25, 0.3) is 0 Å². The molecule has 0 radical (unpaired) electrons. The lowest BCUT2D eigenvalue weighted by Crippen LogP contribution is -2.38. The van der Waals surface area contributed by atoms with Crippen LogP contribution in [0.25, 0.3) is 0 Å². The van der Waals surface area contributed by atoms with E-state index in [1.807, 2.05) is 0 Å². The molecule has 0 saturated heterocycles. The van der Waals surface area contributed by atoms with E-state index in [1.54, 1.807) is 11.1 Å². The van der Waals surface area contributed by atoms with E-state index in [4.69, 9.17) is 5.73 Å². The molecule has 1 aromatic carbocycles. The maximum Gasteiger partial charge on any atom is 0.0405 e. The van der Waals surface area contributed by atoms with Crippen LogP contribution >= 0.6 is 0 Å². The minimum Gasteiger partial charge on any atom is -0.330 e. The molecule has 2 heteroatoms. The second kappa shape index (κ2) is 5.64. The standard InChI is InChI=1S/C17H28N2/c1-17(2,12-18)16(19(3)4)15-10-9-13-7-5-6-8-14(13)11-15/h9-11,16H,5-8,12,18H2,1-4H3. The molecule has 0 bridgehead atoms. The minimum atomic E-state index is 0.0897. The van der Waals surface area contributed by atoms with Crippen LogP contribution < -0.4 is 5.73 Å². The van der Waals surface area contributed by atoms with Crippen LogP contribution in [-0.2, 0) is 12.8 Å². The van der Waals surface area contributed by atoms with Crippen molar-refractivity contribution >= 4 is 0 Å². The molecule has 0 fully saturated rings. The average Bonchev–Trinajstić information content (AvgIpc) is 2.38. The third-order valence-corrected chi connectivity index (χ3v) is 4.47. The van der Waals surface area contributed by atoms with Crippen molar-refractivity contribution in [2.45, 2.75) is 45.6 Å². The molecule has 0 aliphatic heterocycles. The van der Waals surface area contributed by atoms with Crippen molar-refractivity contribution < 1.29 is 0 Å². The van der Waals surface area contributed by atoms with Crippen molar-refractivity contribution in [3.63, 3.8) is 0 Å². The van der Waals surface area contributed by atoms with Crippen molar-refractivity contribution in [3.8, 4) is 0 Å². The van der Waals surface area contributed by atoms with E-state index in [1.165, 1.54) is 31.2 Å². The van der Waals surface area contributed by atoms with Crippen LogP contribution in [0.2, 0.25) is 0 Å². The summed E-state index contributed by atoms with van der Waals surface area (Å²) in [5.74, 6) is 0. The third-order valence-electron chi connectivity index (χ3n) is 4.47. The lowest BCUT2D eigenvalue weighted by atomic mass is 9.78. The fraction of sp³-hybridized carbons (Fsp3) is 0.647. The predicted octanol–water partition coefficient (Wildman–Crippen LogP) is 3.15. The van der Waals surface area contributed by atoms with E-state index >= 15 is 0 Å². The molecule has 2 N–H and O–H groups in total. The number of hydrogen-bond acceptors (Lipinski definition) is 2. The molecule has 0 heterocycles. The summed E-state index contributed by atoms with van der Waals surface area (Å²) in [4.78, 5) is 2.30. The van der Waals surface area contributed by atoms with Crippen LogP contribution in [-0.4, -0.2) is 25.5 Å². The Hall–Kier alpha value is -0.860. The van der Waals surface area contributed by atoms with Gasteiger partial charge in [-0.1, -0.05) is 32.0 Å². The van der Waals surface area contributed by atoms with Crippen LogP contribution in [0.3, 0.4) is 0 Å². The fourth-order valence-corrected chi connectivity index (χ4v) is 3.48. The molecule has 0 amide bonds. The van der Waals surface area contributed by atoms with E-state index in [9.17, 15) is 0 Å². The molecule has 1 aliphatic rings. The Morgan fingerprint density at radius 3 is 2.37 bits per heavy atom. The average molecular weight is 260 g/mol. The summed E-state index contributed by atoms with van der Waals surface area (Å²) in [6.07, 6.45) is 5.18. The SMILES string of the molecule is CN(C)C(c1ccc2c(c1)CCCC2)C(C)(C)CN. The van der Waals surface area contributed by atoms with Gasteiger partial charge in [-0.15, -0.1) is 0 Å². The number of rotatable bonds is 4. The number of nitrogens with zero attached hydrogens (tertiary/aromatic N) is 1. The molecule has 2 nitrogen and oxygen atoms in total. The number of aryl methyl sites for hydroxylation is 2. The highest BCUT2D eigenvalue weighted by Gasteiger charge is 2.31. The number of benzene rings is 1. The summed E-state index contributed by atoms with van der Waals surface area (Å²) < 4.78 is 0. The Labute approximate surface area is 118 Å². The molecular formula is C17H28N2. The highest BCUT2D eigenvalue weighted by atomic mass is 15.1. The molecule has 19 heavy (non-hydrogen) atoms. The second-order valence-electron chi connectivity index (χ2n) is 6.79. The zero-order valence-corrected chi connectivity index (χ0v) is 12.9. The van der Waals surface area contributed by atoms with Crippen LogP contribution in [0.1, 0.15) is 49.4 Å². The van der Waals surface area contributed by atoms with Crippen molar-refractivity contribution in [1.29, 1.82) is 0 Å². The first-order valence-electron chi connectivity index (χ1n) is 7.44. The van der Waals surface area contributed by atoms with Crippen molar-refractivity contribution in [1.82, 2.24) is 4.90 Å². The van der Waals surface area contributed by atoms with Gasteiger partial charge in [0, 0.05) is 6.04 Å². The van der Waals surface area contributed by atoms with Gasteiger partial charge in [-0.25, -0.2) is 0 Å². The molecule has 1 aliphatic carbocycles. The Bertz CT molecular complexity index is 435. The summed E-state index contributed by atoms with van der Waals surface area (Å²) >= 11 is 0. The lowest BCUT2D eigenvalue weighted by Gasteiger charge is -2.39. The van der Waals surface area contributed by atoms with E-state index in [0.717, 1.165) is 0 Å². The Kier molecular flexibility index (Phi) is 4.32. The highest BCUT2D eigenvalue weighted by Crippen LogP contribution is 2.37. The maximum atomic E-state index is 5.99. The van der Waals surface area contributed by atoms with Crippen molar-refractivity contribution in [2.24, 2.45) is 11.1 Å². The normalized spacial score (nSPS) is 17.4. The smallest absolute Gasteiger partial charge is 0.0405 e.